The van der Waals surface area contributed by atoms with Gasteiger partial charge in [-0.1, -0.05) is 6.07 Å². The summed E-state index contributed by atoms with van der Waals surface area (Å²) in [6.45, 7) is 1.77. The SMILES string of the molecule is Cc1[c]oc2cccc(F)c12. The van der Waals surface area contributed by atoms with E-state index in [4.69, 9.17) is 4.42 Å². The Hall–Kier alpha value is -1.31. The quantitative estimate of drug-likeness (QED) is 0.561. The first kappa shape index (κ1) is 6.40. The van der Waals surface area contributed by atoms with Crippen molar-refractivity contribution in [2.75, 3.05) is 0 Å². The summed E-state index contributed by atoms with van der Waals surface area (Å²) < 4.78 is 18.0. The fraction of sp³-hybridized carbons (Fsp3) is 0.111. The molecule has 0 saturated heterocycles. The van der Waals surface area contributed by atoms with E-state index in [2.05, 4.69) is 6.26 Å². The number of fused-ring (bicyclic) bond motifs is 1. The van der Waals surface area contributed by atoms with Gasteiger partial charge in [-0.2, -0.15) is 0 Å². The highest BCUT2D eigenvalue weighted by Crippen LogP contribution is 2.21. The zero-order valence-electron chi connectivity index (χ0n) is 6.02. The van der Waals surface area contributed by atoms with Gasteiger partial charge < -0.3 is 4.42 Å². The molecule has 1 nitrogen and oxygen atoms in total. The van der Waals surface area contributed by atoms with Crippen LogP contribution in [-0.4, -0.2) is 0 Å². The summed E-state index contributed by atoms with van der Waals surface area (Å²) in [6.07, 6.45) is 2.60. The van der Waals surface area contributed by atoms with Crippen molar-refractivity contribution in [3.05, 3.63) is 35.8 Å². The summed E-state index contributed by atoms with van der Waals surface area (Å²) in [5, 5.41) is 0.535. The number of hydrogen-bond donors (Lipinski definition) is 0. The molecule has 0 aliphatic rings. The topological polar surface area (TPSA) is 13.1 Å². The highest BCUT2D eigenvalue weighted by atomic mass is 19.1. The smallest absolute Gasteiger partial charge is 0.174 e. The zero-order valence-corrected chi connectivity index (χ0v) is 6.02. The number of halogens is 1. The van der Waals surface area contributed by atoms with Gasteiger partial charge in [0, 0.05) is 5.56 Å². The summed E-state index contributed by atoms with van der Waals surface area (Å²) in [7, 11) is 0. The van der Waals surface area contributed by atoms with E-state index in [1.165, 1.54) is 6.07 Å². The van der Waals surface area contributed by atoms with E-state index in [0.717, 1.165) is 5.56 Å². The van der Waals surface area contributed by atoms with Crippen LogP contribution in [0.3, 0.4) is 0 Å². The highest BCUT2D eigenvalue weighted by molar-refractivity contribution is 5.80. The third kappa shape index (κ3) is 0.827. The maximum absolute atomic E-state index is 13.0. The standard InChI is InChI=1S/C9H6FO/c1-6-5-11-8-4-2-3-7(10)9(6)8/h2-4H,1H3. The van der Waals surface area contributed by atoms with Crippen LogP contribution in [0.4, 0.5) is 4.39 Å². The van der Waals surface area contributed by atoms with Crippen LogP contribution in [0.25, 0.3) is 11.0 Å². The molecule has 1 aromatic carbocycles. The number of hydrogen-bond acceptors (Lipinski definition) is 1. The molecule has 0 N–H and O–H groups in total. The lowest BCUT2D eigenvalue weighted by atomic mass is 10.2. The van der Waals surface area contributed by atoms with E-state index in [-0.39, 0.29) is 5.82 Å². The van der Waals surface area contributed by atoms with Gasteiger partial charge in [-0.05, 0) is 19.1 Å². The lowest BCUT2D eigenvalue weighted by Crippen LogP contribution is -1.75. The molecule has 0 bridgehead atoms. The molecule has 2 rings (SSSR count). The molecule has 0 saturated carbocycles. The molecule has 1 radical (unpaired) electrons. The van der Waals surface area contributed by atoms with Crippen molar-refractivity contribution in [2.45, 2.75) is 6.92 Å². The predicted octanol–water partition coefficient (Wildman–Crippen LogP) is 2.68. The average molecular weight is 149 g/mol. The maximum Gasteiger partial charge on any atom is 0.174 e. The second-order valence-electron chi connectivity index (χ2n) is 2.44. The van der Waals surface area contributed by atoms with Gasteiger partial charge in [-0.3, -0.25) is 0 Å². The molecule has 0 atom stereocenters. The lowest BCUT2D eigenvalue weighted by molar-refractivity contribution is 0.600. The van der Waals surface area contributed by atoms with Gasteiger partial charge in [0.2, 0.25) is 0 Å². The second kappa shape index (κ2) is 2.09. The van der Waals surface area contributed by atoms with Crippen LogP contribution in [0.15, 0.2) is 22.6 Å². The minimum absolute atomic E-state index is 0.245. The van der Waals surface area contributed by atoms with Gasteiger partial charge in [0.1, 0.15) is 11.4 Å². The fourth-order valence-electron chi connectivity index (χ4n) is 1.14. The summed E-state index contributed by atoms with van der Waals surface area (Å²) >= 11 is 0. The molecular formula is C9H6FO. The van der Waals surface area contributed by atoms with E-state index >= 15 is 0 Å². The Morgan fingerprint density at radius 1 is 1.45 bits per heavy atom. The molecule has 1 aromatic heterocycles. The van der Waals surface area contributed by atoms with E-state index in [0.29, 0.717) is 11.0 Å². The summed E-state index contributed by atoms with van der Waals surface area (Å²) in [6, 6.07) is 4.76. The number of aryl methyl sites for hydroxylation is 1. The Balaban J connectivity index is 2.96. The van der Waals surface area contributed by atoms with Crippen molar-refractivity contribution in [2.24, 2.45) is 0 Å². The van der Waals surface area contributed by atoms with E-state index < -0.39 is 0 Å². The van der Waals surface area contributed by atoms with Crippen molar-refractivity contribution in [3.8, 4) is 0 Å². The van der Waals surface area contributed by atoms with Crippen molar-refractivity contribution in [1.29, 1.82) is 0 Å². The number of furan rings is 1. The Bertz CT molecular complexity index is 389. The van der Waals surface area contributed by atoms with Crippen LogP contribution in [0, 0.1) is 19.0 Å². The molecule has 0 amide bonds. The largest absolute Gasteiger partial charge is 0.452 e. The van der Waals surface area contributed by atoms with Crippen molar-refractivity contribution in [3.63, 3.8) is 0 Å². The first-order valence-corrected chi connectivity index (χ1v) is 3.34. The van der Waals surface area contributed by atoms with Gasteiger partial charge >= 0.3 is 0 Å². The maximum atomic E-state index is 13.0. The fourth-order valence-corrected chi connectivity index (χ4v) is 1.14. The van der Waals surface area contributed by atoms with E-state index in [1.54, 1.807) is 19.1 Å². The van der Waals surface area contributed by atoms with Crippen LogP contribution in [0.2, 0.25) is 0 Å². The first-order valence-electron chi connectivity index (χ1n) is 3.34. The zero-order chi connectivity index (χ0) is 7.84. The van der Waals surface area contributed by atoms with Gasteiger partial charge in [0.05, 0.1) is 5.39 Å². The second-order valence-corrected chi connectivity index (χ2v) is 2.44. The van der Waals surface area contributed by atoms with Crippen LogP contribution in [0.1, 0.15) is 5.56 Å². The van der Waals surface area contributed by atoms with Crippen LogP contribution >= 0.6 is 0 Å². The molecule has 0 aliphatic heterocycles. The van der Waals surface area contributed by atoms with Crippen molar-refractivity contribution < 1.29 is 8.81 Å². The van der Waals surface area contributed by atoms with Gasteiger partial charge in [-0.15, -0.1) is 0 Å². The van der Waals surface area contributed by atoms with Crippen LogP contribution in [-0.2, 0) is 0 Å². The minimum Gasteiger partial charge on any atom is -0.452 e. The summed E-state index contributed by atoms with van der Waals surface area (Å²) in [5.74, 6) is -0.245. The third-order valence-corrected chi connectivity index (χ3v) is 1.66. The molecule has 2 heteroatoms. The number of benzene rings is 1. The Morgan fingerprint density at radius 2 is 2.27 bits per heavy atom. The van der Waals surface area contributed by atoms with Crippen LogP contribution < -0.4 is 0 Å². The van der Waals surface area contributed by atoms with Gasteiger partial charge in [0.25, 0.3) is 0 Å². The highest BCUT2D eigenvalue weighted by Gasteiger charge is 2.05. The Kier molecular flexibility index (Phi) is 1.22. The van der Waals surface area contributed by atoms with E-state index in [1.807, 2.05) is 0 Å². The molecular weight excluding hydrogens is 143 g/mol. The summed E-state index contributed by atoms with van der Waals surface area (Å²) in [4.78, 5) is 0. The third-order valence-electron chi connectivity index (χ3n) is 1.66. The summed E-state index contributed by atoms with van der Waals surface area (Å²) in [5.41, 5.74) is 1.28. The molecule has 1 heterocycles. The molecule has 0 unspecified atom stereocenters. The lowest BCUT2D eigenvalue weighted by Gasteiger charge is -1.89. The van der Waals surface area contributed by atoms with Crippen molar-refractivity contribution in [1.82, 2.24) is 0 Å². The van der Waals surface area contributed by atoms with Crippen LogP contribution in [0.5, 0.6) is 0 Å². The monoisotopic (exact) mass is 149 g/mol. The molecule has 11 heavy (non-hydrogen) atoms. The van der Waals surface area contributed by atoms with E-state index in [9.17, 15) is 4.39 Å². The van der Waals surface area contributed by atoms with Gasteiger partial charge in [-0.25, -0.2) is 4.39 Å². The molecule has 0 aliphatic carbocycles. The molecule has 0 fully saturated rings. The average Bonchev–Trinajstić information content (AvgIpc) is 2.34. The predicted molar refractivity (Wildman–Crippen MR) is 39.7 cm³/mol. The molecule has 0 spiro atoms. The Morgan fingerprint density at radius 3 is 3.00 bits per heavy atom. The van der Waals surface area contributed by atoms with Crippen molar-refractivity contribution >= 4 is 11.0 Å². The normalized spacial score (nSPS) is 10.7. The van der Waals surface area contributed by atoms with Gasteiger partial charge in [0.15, 0.2) is 6.26 Å². The first-order chi connectivity index (χ1) is 5.29. The number of rotatable bonds is 0. The minimum atomic E-state index is -0.245. The molecule has 2 aromatic rings. The Labute approximate surface area is 63.4 Å². The molecule has 55 valence electrons.